The third kappa shape index (κ3) is 4.31. The first kappa shape index (κ1) is 15.5. The van der Waals surface area contributed by atoms with E-state index in [1.54, 1.807) is 19.5 Å². The van der Waals surface area contributed by atoms with E-state index in [1.807, 2.05) is 43.3 Å². The number of anilines is 1. The lowest BCUT2D eigenvalue weighted by Crippen LogP contribution is -2.26. The average molecular weight is 298 g/mol. The van der Waals surface area contributed by atoms with Crippen LogP contribution in [0.5, 0.6) is 5.75 Å². The van der Waals surface area contributed by atoms with Crippen LogP contribution in [0.15, 0.2) is 53.9 Å². The molecule has 1 heterocycles. The highest BCUT2D eigenvalue weighted by molar-refractivity contribution is 5.99. The van der Waals surface area contributed by atoms with Gasteiger partial charge in [-0.15, -0.1) is 0 Å². The minimum atomic E-state index is -0.242. The molecule has 6 heteroatoms. The fraction of sp³-hybridized carbons (Fsp3) is 0.188. The number of methoxy groups -OCH3 is 1. The summed E-state index contributed by atoms with van der Waals surface area (Å²) in [5.41, 5.74) is 4.82. The summed E-state index contributed by atoms with van der Waals surface area (Å²) in [5.74, 6) is 0.444. The predicted octanol–water partition coefficient (Wildman–Crippen LogP) is 2.04. The van der Waals surface area contributed by atoms with Gasteiger partial charge in [0.05, 0.1) is 25.1 Å². The number of hydrogen-bond donors (Lipinski definition) is 2. The number of nitrogens with zero attached hydrogens (tertiary/aromatic N) is 2. The topological polar surface area (TPSA) is 75.6 Å². The summed E-state index contributed by atoms with van der Waals surface area (Å²) < 4.78 is 5.20. The average Bonchev–Trinajstić information content (AvgIpc) is 2.58. The van der Waals surface area contributed by atoms with Crippen molar-refractivity contribution in [3.8, 4) is 5.75 Å². The number of hydrogen-bond acceptors (Lipinski definition) is 5. The van der Waals surface area contributed by atoms with Crippen molar-refractivity contribution >= 4 is 17.3 Å². The first-order chi connectivity index (χ1) is 10.7. The largest absolute Gasteiger partial charge is 0.495 e. The summed E-state index contributed by atoms with van der Waals surface area (Å²) >= 11 is 0. The van der Waals surface area contributed by atoms with Crippen molar-refractivity contribution in [2.24, 2.45) is 5.10 Å². The number of rotatable bonds is 6. The number of para-hydroxylation sites is 2. The molecule has 0 aliphatic carbocycles. The molecule has 0 aliphatic heterocycles. The summed E-state index contributed by atoms with van der Waals surface area (Å²) in [6.45, 7) is 1.91. The zero-order valence-corrected chi connectivity index (χ0v) is 12.5. The van der Waals surface area contributed by atoms with E-state index in [0.717, 1.165) is 11.3 Å². The Morgan fingerprint density at radius 2 is 2.09 bits per heavy atom. The smallest absolute Gasteiger partial charge is 0.259 e. The third-order valence-corrected chi connectivity index (χ3v) is 2.97. The van der Waals surface area contributed by atoms with Crippen molar-refractivity contribution in [3.63, 3.8) is 0 Å². The number of aromatic nitrogens is 1. The zero-order chi connectivity index (χ0) is 15.8. The lowest BCUT2D eigenvalue weighted by atomic mass is 10.2. The molecule has 0 radical (unpaired) electrons. The second kappa shape index (κ2) is 7.78. The van der Waals surface area contributed by atoms with E-state index in [1.165, 1.54) is 0 Å². The van der Waals surface area contributed by atoms with Crippen LogP contribution in [-0.4, -0.2) is 30.3 Å². The highest BCUT2D eigenvalue weighted by Gasteiger charge is 2.04. The quantitative estimate of drug-likeness (QED) is 0.632. The summed E-state index contributed by atoms with van der Waals surface area (Å²) in [7, 11) is 1.59. The van der Waals surface area contributed by atoms with Gasteiger partial charge in [-0.2, -0.15) is 5.10 Å². The van der Waals surface area contributed by atoms with Gasteiger partial charge < -0.3 is 10.1 Å². The van der Waals surface area contributed by atoms with Gasteiger partial charge in [0.15, 0.2) is 0 Å². The number of carbonyl (C=O) groups excluding carboxylic acids is 1. The summed E-state index contributed by atoms with van der Waals surface area (Å²) in [4.78, 5) is 15.8. The molecular weight excluding hydrogens is 280 g/mol. The Morgan fingerprint density at radius 1 is 1.27 bits per heavy atom. The highest BCUT2D eigenvalue weighted by atomic mass is 16.5. The Morgan fingerprint density at radius 3 is 2.82 bits per heavy atom. The Bertz CT molecular complexity index is 656. The highest BCUT2D eigenvalue weighted by Crippen LogP contribution is 2.22. The van der Waals surface area contributed by atoms with Crippen molar-refractivity contribution in [2.75, 3.05) is 19.0 Å². The number of benzene rings is 1. The van der Waals surface area contributed by atoms with Gasteiger partial charge in [-0.25, -0.2) is 5.43 Å². The van der Waals surface area contributed by atoms with Crippen molar-refractivity contribution in [1.29, 1.82) is 0 Å². The van der Waals surface area contributed by atoms with Gasteiger partial charge in [-0.1, -0.05) is 18.2 Å². The molecule has 0 saturated carbocycles. The number of carbonyl (C=O) groups is 1. The van der Waals surface area contributed by atoms with Gasteiger partial charge >= 0.3 is 0 Å². The Hall–Kier alpha value is -2.89. The predicted molar refractivity (Wildman–Crippen MR) is 86.1 cm³/mol. The van der Waals surface area contributed by atoms with Crippen LogP contribution in [0.3, 0.4) is 0 Å². The van der Waals surface area contributed by atoms with Crippen LogP contribution in [0.2, 0.25) is 0 Å². The number of amides is 1. The summed E-state index contributed by atoms with van der Waals surface area (Å²) in [6, 6.07) is 11.1. The van der Waals surface area contributed by atoms with Crippen molar-refractivity contribution in [2.45, 2.75) is 6.92 Å². The van der Waals surface area contributed by atoms with Gasteiger partial charge in [0, 0.05) is 18.0 Å². The molecule has 2 rings (SSSR count). The van der Waals surface area contributed by atoms with Gasteiger partial charge in [0.2, 0.25) is 0 Å². The van der Waals surface area contributed by atoms with Crippen molar-refractivity contribution in [3.05, 3.63) is 54.4 Å². The molecular formula is C16H18N4O2. The second-order valence-corrected chi connectivity index (χ2v) is 4.53. The maximum absolute atomic E-state index is 11.8. The first-order valence-electron chi connectivity index (χ1n) is 6.81. The van der Waals surface area contributed by atoms with Crippen molar-refractivity contribution < 1.29 is 9.53 Å². The van der Waals surface area contributed by atoms with Crippen LogP contribution >= 0.6 is 0 Å². The third-order valence-electron chi connectivity index (χ3n) is 2.97. The number of ether oxygens (including phenoxy) is 1. The minimum absolute atomic E-state index is 0.101. The van der Waals surface area contributed by atoms with E-state index in [9.17, 15) is 4.79 Å². The number of hydrazone groups is 1. The van der Waals surface area contributed by atoms with E-state index < -0.39 is 0 Å². The molecule has 0 bridgehead atoms. The van der Waals surface area contributed by atoms with E-state index in [2.05, 4.69) is 20.8 Å². The second-order valence-electron chi connectivity index (χ2n) is 4.53. The van der Waals surface area contributed by atoms with E-state index in [-0.39, 0.29) is 12.5 Å². The van der Waals surface area contributed by atoms with Crippen LogP contribution in [0.4, 0.5) is 5.69 Å². The molecule has 0 saturated heterocycles. The monoisotopic (exact) mass is 298 g/mol. The molecule has 1 aromatic carbocycles. The van der Waals surface area contributed by atoms with Crippen LogP contribution in [-0.2, 0) is 4.79 Å². The summed E-state index contributed by atoms with van der Waals surface area (Å²) in [5, 5.41) is 7.06. The van der Waals surface area contributed by atoms with Crippen molar-refractivity contribution in [1.82, 2.24) is 10.4 Å². The van der Waals surface area contributed by atoms with E-state index in [0.29, 0.717) is 11.5 Å². The maximum atomic E-state index is 11.8. The number of nitrogens with one attached hydrogen (secondary N) is 2. The zero-order valence-electron chi connectivity index (χ0n) is 12.5. The molecule has 114 valence electrons. The lowest BCUT2D eigenvalue weighted by molar-refractivity contribution is -0.119. The molecule has 22 heavy (non-hydrogen) atoms. The molecule has 0 atom stereocenters. The molecule has 2 N–H and O–H groups in total. The Balaban J connectivity index is 1.88. The van der Waals surface area contributed by atoms with Crippen LogP contribution in [0.25, 0.3) is 0 Å². The fourth-order valence-electron chi connectivity index (χ4n) is 1.79. The lowest BCUT2D eigenvalue weighted by Gasteiger charge is -2.10. The van der Waals surface area contributed by atoms with Gasteiger partial charge in [0.1, 0.15) is 5.75 Å². The molecule has 0 spiro atoms. The fourth-order valence-corrected chi connectivity index (χ4v) is 1.79. The molecule has 0 fully saturated rings. The first-order valence-corrected chi connectivity index (χ1v) is 6.81. The SMILES string of the molecule is COc1ccccc1NCC(=O)N/N=C(/C)c1cccnc1. The van der Waals surface area contributed by atoms with E-state index >= 15 is 0 Å². The van der Waals surface area contributed by atoms with Crippen LogP contribution in [0.1, 0.15) is 12.5 Å². The summed E-state index contributed by atoms with van der Waals surface area (Å²) in [6.07, 6.45) is 3.38. The van der Waals surface area contributed by atoms with Crippen LogP contribution in [0, 0.1) is 0 Å². The molecule has 0 unspecified atom stereocenters. The van der Waals surface area contributed by atoms with E-state index in [4.69, 9.17) is 4.74 Å². The number of pyridine rings is 1. The van der Waals surface area contributed by atoms with Gasteiger partial charge in [-0.3, -0.25) is 9.78 Å². The normalized spacial score (nSPS) is 10.9. The maximum Gasteiger partial charge on any atom is 0.259 e. The Kier molecular flexibility index (Phi) is 5.48. The minimum Gasteiger partial charge on any atom is -0.495 e. The molecule has 6 nitrogen and oxygen atoms in total. The molecule has 1 amide bonds. The molecule has 1 aromatic heterocycles. The van der Waals surface area contributed by atoms with Gasteiger partial charge in [0.25, 0.3) is 5.91 Å². The van der Waals surface area contributed by atoms with Gasteiger partial charge in [-0.05, 0) is 25.1 Å². The molecule has 0 aliphatic rings. The Labute approximate surface area is 129 Å². The van der Waals surface area contributed by atoms with Crippen LogP contribution < -0.4 is 15.5 Å². The molecule has 2 aromatic rings. The standard InChI is InChI=1S/C16H18N4O2/c1-12(13-6-5-9-17-10-13)19-20-16(21)11-18-14-7-3-4-8-15(14)22-2/h3-10,18H,11H2,1-2H3,(H,20,21)/b19-12-.